The molecule has 1 amide bonds. The lowest BCUT2D eigenvalue weighted by Crippen LogP contribution is -2.23. The molecule has 0 aliphatic rings. The Bertz CT molecular complexity index is 773. The molecule has 1 atom stereocenters. The molecule has 112 valence electrons. The summed E-state index contributed by atoms with van der Waals surface area (Å²) in [5, 5.41) is 7.59. The lowest BCUT2D eigenvalue weighted by molar-refractivity contribution is -0.115. The molecule has 0 bridgehead atoms. The fourth-order valence-electron chi connectivity index (χ4n) is 1.65. The van der Waals surface area contributed by atoms with Crippen molar-refractivity contribution in [1.82, 2.24) is 24.6 Å². The molecule has 22 heavy (non-hydrogen) atoms. The number of nitrogens with one attached hydrogen (secondary N) is 1. The van der Waals surface area contributed by atoms with Crippen molar-refractivity contribution in [3.05, 3.63) is 41.8 Å². The van der Waals surface area contributed by atoms with Crippen LogP contribution in [0, 0.1) is 0 Å². The average molecular weight is 335 g/mol. The van der Waals surface area contributed by atoms with Gasteiger partial charge in [0.15, 0.2) is 0 Å². The van der Waals surface area contributed by atoms with Crippen molar-refractivity contribution in [2.75, 3.05) is 5.32 Å². The number of halogens is 1. The van der Waals surface area contributed by atoms with Crippen LogP contribution in [0.15, 0.2) is 41.9 Å². The third-order valence-corrected chi connectivity index (χ3v) is 3.90. The van der Waals surface area contributed by atoms with Crippen molar-refractivity contribution < 1.29 is 4.79 Å². The van der Waals surface area contributed by atoms with Gasteiger partial charge in [0.2, 0.25) is 11.1 Å². The minimum Gasteiger partial charge on any atom is -0.310 e. The van der Waals surface area contributed by atoms with Crippen LogP contribution in [0.1, 0.15) is 6.92 Å². The van der Waals surface area contributed by atoms with E-state index in [0.717, 1.165) is 0 Å². The molecule has 3 aromatic heterocycles. The van der Waals surface area contributed by atoms with Crippen molar-refractivity contribution in [2.45, 2.75) is 17.3 Å². The van der Waals surface area contributed by atoms with E-state index in [1.54, 1.807) is 42.0 Å². The summed E-state index contributed by atoms with van der Waals surface area (Å²) in [5.74, 6) is 0.759. The Morgan fingerprint density at radius 3 is 3.00 bits per heavy atom. The van der Waals surface area contributed by atoms with Crippen LogP contribution in [-0.4, -0.2) is 35.7 Å². The Hall–Kier alpha value is -2.19. The molecule has 0 spiro atoms. The summed E-state index contributed by atoms with van der Waals surface area (Å²) in [6.07, 6.45) is 4.87. The Labute approximate surface area is 135 Å². The van der Waals surface area contributed by atoms with E-state index >= 15 is 0 Å². The topological polar surface area (TPSA) is 85.1 Å². The van der Waals surface area contributed by atoms with Gasteiger partial charge in [-0.15, -0.1) is 5.10 Å². The summed E-state index contributed by atoms with van der Waals surface area (Å²) in [7, 11) is 0. The summed E-state index contributed by atoms with van der Waals surface area (Å²) >= 11 is 7.00. The molecule has 0 fully saturated rings. The molecule has 7 nitrogen and oxygen atoms in total. The molecular formula is C13H11ClN6OS. The molecule has 3 aromatic rings. The van der Waals surface area contributed by atoms with Crippen LogP contribution < -0.4 is 5.32 Å². The quantitative estimate of drug-likeness (QED) is 0.737. The molecule has 0 saturated heterocycles. The van der Waals surface area contributed by atoms with Crippen molar-refractivity contribution in [2.24, 2.45) is 0 Å². The van der Waals surface area contributed by atoms with Crippen LogP contribution in [0.4, 0.5) is 5.82 Å². The van der Waals surface area contributed by atoms with Gasteiger partial charge in [0.1, 0.15) is 5.82 Å². The maximum atomic E-state index is 12.1. The lowest BCUT2D eigenvalue weighted by atomic mass is 10.4. The van der Waals surface area contributed by atoms with E-state index in [-0.39, 0.29) is 11.2 Å². The van der Waals surface area contributed by atoms with E-state index in [1.165, 1.54) is 18.0 Å². The molecule has 1 N–H and O–H groups in total. The van der Waals surface area contributed by atoms with E-state index in [4.69, 9.17) is 11.6 Å². The van der Waals surface area contributed by atoms with Crippen LogP contribution >= 0.6 is 23.4 Å². The fourth-order valence-corrected chi connectivity index (χ4v) is 2.52. The number of fused-ring (bicyclic) bond motifs is 1. The summed E-state index contributed by atoms with van der Waals surface area (Å²) in [5.41, 5.74) is 0. The van der Waals surface area contributed by atoms with Gasteiger partial charge in [-0.1, -0.05) is 23.4 Å². The van der Waals surface area contributed by atoms with Gasteiger partial charge in [-0.05, 0) is 25.1 Å². The van der Waals surface area contributed by atoms with Gasteiger partial charge in [0.05, 0.1) is 10.3 Å². The predicted molar refractivity (Wildman–Crippen MR) is 84.0 cm³/mol. The van der Waals surface area contributed by atoms with Crippen LogP contribution in [-0.2, 0) is 4.79 Å². The highest BCUT2D eigenvalue weighted by Gasteiger charge is 2.18. The smallest absolute Gasteiger partial charge is 0.253 e. The predicted octanol–water partition coefficient (Wildman–Crippen LogP) is 2.29. The number of carbonyl (C=O) groups is 1. The molecule has 0 aliphatic heterocycles. The van der Waals surface area contributed by atoms with E-state index in [2.05, 4.69) is 25.4 Å². The number of carbonyl (C=O) groups excluding carboxylic acids is 1. The van der Waals surface area contributed by atoms with Crippen molar-refractivity contribution in [1.29, 1.82) is 0 Å². The summed E-state index contributed by atoms with van der Waals surface area (Å²) in [4.78, 5) is 24.5. The lowest BCUT2D eigenvalue weighted by Gasteiger charge is -2.09. The molecule has 0 unspecified atom stereocenters. The second-order valence-electron chi connectivity index (χ2n) is 4.37. The largest absolute Gasteiger partial charge is 0.310 e. The number of hydrogen-bond acceptors (Lipinski definition) is 6. The highest BCUT2D eigenvalue weighted by molar-refractivity contribution is 8.00. The van der Waals surface area contributed by atoms with Gasteiger partial charge in [0.25, 0.3) is 5.78 Å². The number of nitrogens with zero attached hydrogens (tertiary/aromatic N) is 5. The summed E-state index contributed by atoms with van der Waals surface area (Å²) in [6.45, 7) is 1.77. The maximum Gasteiger partial charge on any atom is 0.253 e. The molecule has 0 saturated carbocycles. The number of rotatable bonds is 4. The minimum absolute atomic E-state index is 0.188. The molecule has 3 heterocycles. The normalized spacial score (nSPS) is 12.3. The molecule has 0 aromatic carbocycles. The second-order valence-corrected chi connectivity index (χ2v) is 6.11. The van der Waals surface area contributed by atoms with E-state index in [1.807, 2.05) is 0 Å². The zero-order valence-electron chi connectivity index (χ0n) is 11.5. The third kappa shape index (κ3) is 3.34. The molecule has 9 heteroatoms. The van der Waals surface area contributed by atoms with Crippen LogP contribution in [0.3, 0.4) is 0 Å². The number of thioether (sulfide) groups is 1. The SMILES string of the molecule is C[C@@H](Sc1nc2ncccn2n1)C(=O)Nc1ccc(Cl)cn1. The van der Waals surface area contributed by atoms with Gasteiger partial charge in [0, 0.05) is 18.6 Å². The molecule has 3 rings (SSSR count). The van der Waals surface area contributed by atoms with Crippen molar-refractivity contribution >= 4 is 40.9 Å². The number of hydrogen-bond donors (Lipinski definition) is 1. The first kappa shape index (κ1) is 14.7. The van der Waals surface area contributed by atoms with Gasteiger partial charge in [-0.25, -0.2) is 14.5 Å². The Morgan fingerprint density at radius 2 is 2.27 bits per heavy atom. The first-order valence-electron chi connectivity index (χ1n) is 6.38. The first-order valence-corrected chi connectivity index (χ1v) is 7.64. The van der Waals surface area contributed by atoms with E-state index in [0.29, 0.717) is 21.8 Å². The van der Waals surface area contributed by atoms with Crippen LogP contribution in [0.2, 0.25) is 5.02 Å². The molecular weight excluding hydrogens is 324 g/mol. The zero-order chi connectivity index (χ0) is 15.5. The first-order chi connectivity index (χ1) is 10.6. The van der Waals surface area contributed by atoms with E-state index in [9.17, 15) is 4.79 Å². The Morgan fingerprint density at radius 1 is 1.41 bits per heavy atom. The van der Waals surface area contributed by atoms with Gasteiger partial charge in [-0.3, -0.25) is 4.79 Å². The van der Waals surface area contributed by atoms with Gasteiger partial charge in [-0.2, -0.15) is 4.98 Å². The Balaban J connectivity index is 1.66. The summed E-state index contributed by atoms with van der Waals surface area (Å²) in [6, 6.07) is 5.07. The third-order valence-electron chi connectivity index (χ3n) is 2.73. The zero-order valence-corrected chi connectivity index (χ0v) is 13.0. The number of aromatic nitrogens is 5. The average Bonchev–Trinajstić information content (AvgIpc) is 2.91. The standard InChI is InChI=1S/C13H11ClN6OS/c1-8(11(21)17-10-4-3-9(14)7-16-10)22-13-18-12-15-5-2-6-20(12)19-13/h2-8H,1H3,(H,16,17,21)/t8-/m1/s1. The van der Waals surface area contributed by atoms with Gasteiger partial charge < -0.3 is 5.32 Å². The highest BCUT2D eigenvalue weighted by Crippen LogP contribution is 2.21. The fraction of sp³-hybridized carbons (Fsp3) is 0.154. The highest BCUT2D eigenvalue weighted by atomic mass is 35.5. The second kappa shape index (κ2) is 6.29. The number of pyridine rings is 1. The Kier molecular flexibility index (Phi) is 4.21. The van der Waals surface area contributed by atoms with Gasteiger partial charge >= 0.3 is 0 Å². The van der Waals surface area contributed by atoms with Crippen LogP contribution in [0.25, 0.3) is 5.78 Å². The monoisotopic (exact) mass is 334 g/mol. The summed E-state index contributed by atoms with van der Waals surface area (Å²) < 4.78 is 1.56. The van der Waals surface area contributed by atoms with Crippen molar-refractivity contribution in [3.63, 3.8) is 0 Å². The molecule has 0 radical (unpaired) electrons. The van der Waals surface area contributed by atoms with E-state index < -0.39 is 0 Å². The maximum absolute atomic E-state index is 12.1. The number of amides is 1. The molecule has 0 aliphatic carbocycles. The number of anilines is 1. The van der Waals surface area contributed by atoms with Crippen LogP contribution in [0.5, 0.6) is 0 Å². The minimum atomic E-state index is -0.380. The van der Waals surface area contributed by atoms with Crippen molar-refractivity contribution in [3.8, 4) is 0 Å².